The van der Waals surface area contributed by atoms with Crippen molar-refractivity contribution in [1.29, 1.82) is 0 Å². The molecule has 1 amide bonds. The maximum atomic E-state index is 11.8. The molecule has 2 unspecified atom stereocenters. The van der Waals surface area contributed by atoms with Crippen molar-refractivity contribution in [3.05, 3.63) is 24.2 Å². The summed E-state index contributed by atoms with van der Waals surface area (Å²) >= 11 is 0. The zero-order valence-electron chi connectivity index (χ0n) is 10.9. The molecule has 2 N–H and O–H groups in total. The Kier molecular flexibility index (Phi) is 4.81. The third-order valence-corrected chi connectivity index (χ3v) is 3.45. The lowest BCUT2D eigenvalue weighted by Crippen LogP contribution is -2.34. The molecule has 100 valence electrons. The SMILES string of the molecule is CC(CCc1ccco1)NC(=O)CC1CCNC1. The van der Waals surface area contributed by atoms with Gasteiger partial charge in [-0.1, -0.05) is 0 Å². The molecule has 0 spiro atoms. The summed E-state index contributed by atoms with van der Waals surface area (Å²) in [5, 5.41) is 6.34. The van der Waals surface area contributed by atoms with Crippen LogP contribution in [0.1, 0.15) is 31.9 Å². The van der Waals surface area contributed by atoms with Crippen LogP contribution in [-0.2, 0) is 11.2 Å². The second-order valence-corrected chi connectivity index (χ2v) is 5.15. The smallest absolute Gasteiger partial charge is 0.220 e. The highest BCUT2D eigenvalue weighted by molar-refractivity contribution is 5.76. The van der Waals surface area contributed by atoms with Crippen LogP contribution >= 0.6 is 0 Å². The number of hydrogen-bond acceptors (Lipinski definition) is 3. The van der Waals surface area contributed by atoms with Gasteiger partial charge < -0.3 is 15.1 Å². The van der Waals surface area contributed by atoms with Gasteiger partial charge in [-0.2, -0.15) is 0 Å². The molecule has 1 saturated heterocycles. The molecule has 4 heteroatoms. The fourth-order valence-electron chi connectivity index (χ4n) is 2.37. The third kappa shape index (κ3) is 4.18. The van der Waals surface area contributed by atoms with Crippen molar-refractivity contribution in [3.63, 3.8) is 0 Å². The lowest BCUT2D eigenvalue weighted by atomic mass is 10.0. The number of aryl methyl sites for hydroxylation is 1. The molecule has 2 atom stereocenters. The van der Waals surface area contributed by atoms with Gasteiger partial charge in [0, 0.05) is 18.9 Å². The van der Waals surface area contributed by atoms with Crippen LogP contribution in [0.3, 0.4) is 0 Å². The van der Waals surface area contributed by atoms with Gasteiger partial charge in [-0.3, -0.25) is 4.79 Å². The summed E-state index contributed by atoms with van der Waals surface area (Å²) in [6.07, 6.45) is 5.25. The average Bonchev–Trinajstić information content (AvgIpc) is 2.98. The van der Waals surface area contributed by atoms with E-state index in [4.69, 9.17) is 4.42 Å². The fourth-order valence-corrected chi connectivity index (χ4v) is 2.37. The van der Waals surface area contributed by atoms with E-state index in [9.17, 15) is 4.79 Å². The van der Waals surface area contributed by atoms with Crippen molar-refractivity contribution in [1.82, 2.24) is 10.6 Å². The largest absolute Gasteiger partial charge is 0.469 e. The van der Waals surface area contributed by atoms with Gasteiger partial charge in [0.2, 0.25) is 5.91 Å². The topological polar surface area (TPSA) is 54.3 Å². The van der Waals surface area contributed by atoms with E-state index in [1.807, 2.05) is 19.1 Å². The highest BCUT2D eigenvalue weighted by Gasteiger charge is 2.18. The molecular formula is C14H22N2O2. The molecule has 0 aliphatic carbocycles. The van der Waals surface area contributed by atoms with Crippen molar-refractivity contribution >= 4 is 5.91 Å². The maximum absolute atomic E-state index is 11.8. The predicted molar refractivity (Wildman–Crippen MR) is 70.2 cm³/mol. The second-order valence-electron chi connectivity index (χ2n) is 5.15. The first kappa shape index (κ1) is 13.1. The van der Waals surface area contributed by atoms with Gasteiger partial charge in [-0.05, 0) is 50.9 Å². The number of rotatable bonds is 6. The van der Waals surface area contributed by atoms with Crippen LogP contribution in [-0.4, -0.2) is 25.0 Å². The van der Waals surface area contributed by atoms with Gasteiger partial charge in [0.1, 0.15) is 5.76 Å². The van der Waals surface area contributed by atoms with Gasteiger partial charge in [-0.15, -0.1) is 0 Å². The Bertz CT molecular complexity index is 356. The Hall–Kier alpha value is -1.29. The number of furan rings is 1. The number of nitrogens with one attached hydrogen (secondary N) is 2. The fraction of sp³-hybridized carbons (Fsp3) is 0.643. The lowest BCUT2D eigenvalue weighted by molar-refractivity contribution is -0.122. The lowest BCUT2D eigenvalue weighted by Gasteiger charge is -2.15. The van der Waals surface area contributed by atoms with E-state index in [2.05, 4.69) is 10.6 Å². The molecule has 0 radical (unpaired) electrons. The number of carbonyl (C=O) groups is 1. The molecule has 0 bridgehead atoms. The minimum absolute atomic E-state index is 0.177. The van der Waals surface area contributed by atoms with Gasteiger partial charge in [-0.25, -0.2) is 0 Å². The molecule has 2 heterocycles. The van der Waals surface area contributed by atoms with Gasteiger partial charge in [0.15, 0.2) is 0 Å². The highest BCUT2D eigenvalue weighted by Crippen LogP contribution is 2.12. The predicted octanol–water partition coefficient (Wildman–Crippen LogP) is 1.72. The standard InChI is InChI=1S/C14H22N2O2/c1-11(4-5-13-3-2-8-18-13)16-14(17)9-12-6-7-15-10-12/h2-3,8,11-12,15H,4-7,9-10H2,1H3,(H,16,17). The number of hydrogen-bond donors (Lipinski definition) is 2. The van der Waals surface area contributed by atoms with Crippen molar-refractivity contribution < 1.29 is 9.21 Å². The van der Waals surface area contributed by atoms with Crippen molar-refractivity contribution in [3.8, 4) is 0 Å². The molecular weight excluding hydrogens is 228 g/mol. The molecule has 1 aliphatic rings. The highest BCUT2D eigenvalue weighted by atomic mass is 16.3. The molecule has 1 aromatic heterocycles. The average molecular weight is 250 g/mol. The quantitative estimate of drug-likeness (QED) is 0.808. The normalized spacial score (nSPS) is 20.8. The minimum Gasteiger partial charge on any atom is -0.469 e. The molecule has 2 rings (SSSR count). The van der Waals surface area contributed by atoms with E-state index in [1.54, 1.807) is 6.26 Å². The summed E-state index contributed by atoms with van der Waals surface area (Å²) in [5.74, 6) is 1.68. The Balaban J connectivity index is 1.63. The van der Waals surface area contributed by atoms with Crippen LogP contribution in [0.15, 0.2) is 22.8 Å². The molecule has 1 aromatic rings. The first-order valence-corrected chi connectivity index (χ1v) is 6.76. The van der Waals surface area contributed by atoms with E-state index in [-0.39, 0.29) is 11.9 Å². The number of amides is 1. The van der Waals surface area contributed by atoms with E-state index in [0.717, 1.165) is 38.1 Å². The monoisotopic (exact) mass is 250 g/mol. The summed E-state index contributed by atoms with van der Waals surface area (Å²) in [6.45, 7) is 4.08. The summed E-state index contributed by atoms with van der Waals surface area (Å²) in [7, 11) is 0. The summed E-state index contributed by atoms with van der Waals surface area (Å²) in [5.41, 5.74) is 0. The number of carbonyl (C=O) groups excluding carboxylic acids is 1. The van der Waals surface area contributed by atoms with Crippen molar-refractivity contribution in [2.45, 2.75) is 38.6 Å². The Morgan fingerprint density at radius 2 is 2.56 bits per heavy atom. The van der Waals surface area contributed by atoms with Gasteiger partial charge in [0.05, 0.1) is 6.26 Å². The molecule has 1 fully saturated rings. The first-order valence-electron chi connectivity index (χ1n) is 6.76. The molecule has 18 heavy (non-hydrogen) atoms. The Labute approximate surface area is 108 Å². The van der Waals surface area contributed by atoms with E-state index in [1.165, 1.54) is 0 Å². The molecule has 1 aliphatic heterocycles. The zero-order chi connectivity index (χ0) is 12.8. The zero-order valence-corrected chi connectivity index (χ0v) is 10.9. The first-order chi connectivity index (χ1) is 8.74. The van der Waals surface area contributed by atoms with Crippen LogP contribution in [0.4, 0.5) is 0 Å². The van der Waals surface area contributed by atoms with E-state index in [0.29, 0.717) is 12.3 Å². The van der Waals surface area contributed by atoms with Gasteiger partial charge in [0.25, 0.3) is 0 Å². The second kappa shape index (κ2) is 6.59. The van der Waals surface area contributed by atoms with E-state index >= 15 is 0 Å². The van der Waals surface area contributed by atoms with E-state index < -0.39 is 0 Å². The summed E-state index contributed by atoms with van der Waals surface area (Å²) in [4.78, 5) is 11.8. The van der Waals surface area contributed by atoms with Crippen LogP contribution in [0.5, 0.6) is 0 Å². The van der Waals surface area contributed by atoms with Crippen molar-refractivity contribution in [2.75, 3.05) is 13.1 Å². The van der Waals surface area contributed by atoms with Gasteiger partial charge >= 0.3 is 0 Å². The van der Waals surface area contributed by atoms with Crippen LogP contribution in [0, 0.1) is 5.92 Å². The minimum atomic E-state index is 0.177. The molecule has 0 saturated carbocycles. The third-order valence-electron chi connectivity index (χ3n) is 3.45. The van der Waals surface area contributed by atoms with Crippen LogP contribution in [0.25, 0.3) is 0 Å². The Morgan fingerprint density at radius 3 is 3.22 bits per heavy atom. The summed E-state index contributed by atoms with van der Waals surface area (Å²) in [6, 6.07) is 4.07. The molecule has 0 aromatic carbocycles. The van der Waals surface area contributed by atoms with Crippen LogP contribution < -0.4 is 10.6 Å². The maximum Gasteiger partial charge on any atom is 0.220 e. The molecule has 4 nitrogen and oxygen atoms in total. The van der Waals surface area contributed by atoms with Crippen LogP contribution in [0.2, 0.25) is 0 Å². The summed E-state index contributed by atoms with van der Waals surface area (Å²) < 4.78 is 5.28. The Morgan fingerprint density at radius 1 is 1.67 bits per heavy atom. The van der Waals surface area contributed by atoms with Crippen molar-refractivity contribution in [2.24, 2.45) is 5.92 Å².